The number of carbonyl (C=O) groups excluding carboxylic acids is 2. The summed E-state index contributed by atoms with van der Waals surface area (Å²) < 4.78 is 9.99. The molecule has 0 spiro atoms. The smallest absolute Gasteiger partial charge is 0.306 e. The van der Waals surface area contributed by atoms with E-state index in [0.29, 0.717) is 18.9 Å². The summed E-state index contributed by atoms with van der Waals surface area (Å²) in [5, 5.41) is 0. The van der Waals surface area contributed by atoms with E-state index < -0.39 is 6.10 Å². The number of esters is 2. The summed E-state index contributed by atoms with van der Waals surface area (Å²) in [7, 11) is 0. The molecular weight excluding hydrogens is 196 g/mol. The Morgan fingerprint density at radius 3 is 2.27 bits per heavy atom. The van der Waals surface area contributed by atoms with Crippen LogP contribution >= 0.6 is 0 Å². The molecule has 87 valence electrons. The zero-order valence-corrected chi connectivity index (χ0v) is 9.83. The summed E-state index contributed by atoms with van der Waals surface area (Å²) in [6, 6.07) is 0. The molecule has 0 saturated carbocycles. The quantitative estimate of drug-likeness (QED) is 0.637. The van der Waals surface area contributed by atoms with Crippen molar-refractivity contribution in [2.24, 2.45) is 0 Å². The second kappa shape index (κ2) is 7.26. The van der Waals surface area contributed by atoms with E-state index in [4.69, 9.17) is 9.47 Å². The highest BCUT2D eigenvalue weighted by molar-refractivity contribution is 5.71. The number of carbonyl (C=O) groups is 2. The van der Waals surface area contributed by atoms with Crippen molar-refractivity contribution >= 4 is 11.9 Å². The maximum absolute atomic E-state index is 11.1. The van der Waals surface area contributed by atoms with Crippen molar-refractivity contribution < 1.29 is 19.1 Å². The zero-order chi connectivity index (χ0) is 11.8. The van der Waals surface area contributed by atoms with Crippen LogP contribution in [0.15, 0.2) is 0 Å². The summed E-state index contributed by atoms with van der Waals surface area (Å²) in [5.41, 5.74) is 0. The van der Waals surface area contributed by atoms with Crippen LogP contribution in [0.4, 0.5) is 0 Å². The Labute approximate surface area is 90.9 Å². The predicted molar refractivity (Wildman–Crippen MR) is 55.8 cm³/mol. The summed E-state index contributed by atoms with van der Waals surface area (Å²) >= 11 is 0. The minimum Gasteiger partial charge on any atom is -0.458 e. The van der Waals surface area contributed by atoms with Gasteiger partial charge in [0.05, 0.1) is 0 Å². The molecule has 1 unspecified atom stereocenters. The highest BCUT2D eigenvalue weighted by Gasteiger charge is 2.20. The number of hydrogen-bond donors (Lipinski definition) is 0. The molecule has 0 aliphatic heterocycles. The molecule has 0 rings (SSSR count). The molecule has 0 amide bonds. The van der Waals surface area contributed by atoms with E-state index in [1.54, 1.807) is 20.8 Å². The number of ether oxygens (including phenoxy) is 2. The molecule has 4 heteroatoms. The van der Waals surface area contributed by atoms with Gasteiger partial charge >= 0.3 is 11.9 Å². The van der Waals surface area contributed by atoms with Gasteiger partial charge in [0.25, 0.3) is 0 Å². The van der Waals surface area contributed by atoms with Gasteiger partial charge < -0.3 is 9.47 Å². The maximum Gasteiger partial charge on any atom is 0.306 e. The Morgan fingerprint density at radius 2 is 1.80 bits per heavy atom. The average Bonchev–Trinajstić information content (AvgIpc) is 2.17. The summed E-state index contributed by atoms with van der Waals surface area (Å²) in [5.74, 6) is -0.581. The number of rotatable bonds is 6. The van der Waals surface area contributed by atoms with E-state index in [2.05, 4.69) is 0 Å². The highest BCUT2D eigenvalue weighted by Crippen LogP contribution is 2.13. The molecule has 1 atom stereocenters. The van der Waals surface area contributed by atoms with Crippen LogP contribution in [0.1, 0.15) is 47.0 Å². The molecule has 0 aliphatic carbocycles. The van der Waals surface area contributed by atoms with Gasteiger partial charge in [-0.2, -0.15) is 0 Å². The van der Waals surface area contributed by atoms with Crippen LogP contribution < -0.4 is 0 Å². The third-order valence-corrected chi connectivity index (χ3v) is 1.90. The molecule has 1 radical (unpaired) electrons. The van der Waals surface area contributed by atoms with Crippen molar-refractivity contribution in [1.82, 2.24) is 0 Å². The zero-order valence-electron chi connectivity index (χ0n) is 9.83. The lowest BCUT2D eigenvalue weighted by Gasteiger charge is -2.19. The fourth-order valence-electron chi connectivity index (χ4n) is 0.881. The van der Waals surface area contributed by atoms with E-state index in [-0.39, 0.29) is 11.9 Å². The summed E-state index contributed by atoms with van der Waals surface area (Å²) in [6.45, 7) is 6.94. The average molecular weight is 215 g/mol. The molecule has 0 saturated heterocycles. The molecule has 15 heavy (non-hydrogen) atoms. The Bertz CT molecular complexity index is 213. The first-order valence-electron chi connectivity index (χ1n) is 5.24. The minimum absolute atomic E-state index is 0.283. The van der Waals surface area contributed by atoms with Crippen molar-refractivity contribution in [1.29, 1.82) is 0 Å². The summed E-state index contributed by atoms with van der Waals surface area (Å²) in [6.07, 6.45) is 1.40. The third kappa shape index (κ3) is 6.10. The lowest BCUT2D eigenvalue weighted by molar-refractivity contribution is -0.156. The molecule has 0 aromatic heterocycles. The van der Waals surface area contributed by atoms with Crippen molar-refractivity contribution in [2.45, 2.75) is 53.1 Å². The van der Waals surface area contributed by atoms with Gasteiger partial charge in [0.2, 0.25) is 0 Å². The molecule has 0 aromatic carbocycles. The van der Waals surface area contributed by atoms with Crippen LogP contribution in [0.3, 0.4) is 0 Å². The van der Waals surface area contributed by atoms with Gasteiger partial charge in [-0.3, -0.25) is 9.59 Å². The summed E-state index contributed by atoms with van der Waals surface area (Å²) in [4.78, 5) is 22.1. The van der Waals surface area contributed by atoms with Gasteiger partial charge in [0, 0.05) is 12.8 Å². The third-order valence-electron chi connectivity index (χ3n) is 1.90. The van der Waals surface area contributed by atoms with E-state index in [0.717, 1.165) is 6.42 Å². The van der Waals surface area contributed by atoms with E-state index in [1.165, 1.54) is 0 Å². The van der Waals surface area contributed by atoms with Gasteiger partial charge in [0.1, 0.15) is 6.10 Å². The predicted octanol–water partition coefficient (Wildman–Crippen LogP) is 2.22. The van der Waals surface area contributed by atoms with Crippen LogP contribution in [0.5, 0.6) is 0 Å². The van der Waals surface area contributed by atoms with Gasteiger partial charge in [-0.1, -0.05) is 13.8 Å². The molecular formula is C11H19O4. The minimum atomic E-state index is -0.474. The van der Waals surface area contributed by atoms with Crippen LogP contribution in [0.2, 0.25) is 0 Å². The second-order valence-electron chi connectivity index (χ2n) is 3.32. The topological polar surface area (TPSA) is 52.6 Å². The van der Waals surface area contributed by atoms with Crippen LogP contribution in [-0.4, -0.2) is 18.0 Å². The first-order chi connectivity index (χ1) is 7.01. The fraction of sp³-hybridized carbons (Fsp3) is 0.727. The molecule has 0 fully saturated rings. The van der Waals surface area contributed by atoms with Gasteiger partial charge in [-0.25, -0.2) is 0 Å². The van der Waals surface area contributed by atoms with Gasteiger partial charge in [0.15, 0.2) is 6.10 Å². The molecule has 0 N–H and O–H groups in total. The van der Waals surface area contributed by atoms with E-state index in [9.17, 15) is 9.59 Å². The molecule has 0 aliphatic rings. The van der Waals surface area contributed by atoms with Crippen LogP contribution in [0.25, 0.3) is 0 Å². The first-order valence-corrected chi connectivity index (χ1v) is 5.24. The molecule has 0 bridgehead atoms. The Hall–Kier alpha value is -1.06. The van der Waals surface area contributed by atoms with E-state index in [1.807, 2.05) is 6.92 Å². The Morgan fingerprint density at radius 1 is 1.20 bits per heavy atom. The molecule has 0 aromatic rings. The largest absolute Gasteiger partial charge is 0.458 e. The lowest BCUT2D eigenvalue weighted by atomic mass is 10.2. The first kappa shape index (κ1) is 13.9. The van der Waals surface area contributed by atoms with Gasteiger partial charge in [-0.15, -0.1) is 0 Å². The van der Waals surface area contributed by atoms with E-state index >= 15 is 0 Å². The van der Waals surface area contributed by atoms with Crippen molar-refractivity contribution in [3.05, 3.63) is 6.10 Å². The Kier molecular flexibility index (Phi) is 6.75. The van der Waals surface area contributed by atoms with Crippen LogP contribution in [0, 0.1) is 6.10 Å². The monoisotopic (exact) mass is 215 g/mol. The van der Waals surface area contributed by atoms with Gasteiger partial charge in [-0.05, 0) is 20.3 Å². The van der Waals surface area contributed by atoms with Crippen LogP contribution in [-0.2, 0) is 19.1 Å². The molecule has 4 nitrogen and oxygen atoms in total. The SMILES string of the molecule is CCCC(=O)O[C](C)C(C)OC(=O)CC. The van der Waals surface area contributed by atoms with Crippen molar-refractivity contribution in [3.63, 3.8) is 0 Å². The standard InChI is InChI=1S/C11H19O4/c1-5-7-11(13)15-9(4)8(3)14-10(12)6-2/h8H,5-7H2,1-4H3. The number of hydrogen-bond acceptors (Lipinski definition) is 4. The highest BCUT2D eigenvalue weighted by atomic mass is 16.6. The lowest BCUT2D eigenvalue weighted by Crippen LogP contribution is -2.24. The fourth-order valence-corrected chi connectivity index (χ4v) is 0.881. The normalized spacial score (nSPS) is 12.3. The van der Waals surface area contributed by atoms with Crippen molar-refractivity contribution in [3.8, 4) is 0 Å². The van der Waals surface area contributed by atoms with Crippen molar-refractivity contribution in [2.75, 3.05) is 0 Å². The second-order valence-corrected chi connectivity index (χ2v) is 3.32. The Balaban J connectivity index is 3.92. The molecule has 0 heterocycles. The maximum atomic E-state index is 11.1.